The van der Waals surface area contributed by atoms with Crippen LogP contribution in [0.5, 0.6) is 0 Å². The SMILES string of the molecule is O=C(Nc1ccc(Cl)c(-c2c[nH+]c3ccccc3n2)c1)c1ccc(S(=O)(=O)N2CCN(CCO)CC2)cc1. The number of aliphatic hydroxyl groups is 1. The van der Waals surface area contributed by atoms with E-state index in [1.807, 2.05) is 29.2 Å². The Bertz CT molecular complexity index is 1570. The second-order valence-corrected chi connectivity index (χ2v) is 11.3. The average molecular weight is 553 g/mol. The van der Waals surface area contributed by atoms with Crippen LogP contribution in [0, 0.1) is 0 Å². The van der Waals surface area contributed by atoms with E-state index in [-0.39, 0.29) is 17.4 Å². The number of halogens is 1. The van der Waals surface area contributed by atoms with Gasteiger partial charge in [0, 0.05) is 55.6 Å². The second kappa shape index (κ2) is 11.1. The number of piperazine rings is 1. The highest BCUT2D eigenvalue weighted by molar-refractivity contribution is 7.89. The Morgan fingerprint density at radius 2 is 1.76 bits per heavy atom. The highest BCUT2D eigenvalue weighted by Gasteiger charge is 2.28. The van der Waals surface area contributed by atoms with E-state index < -0.39 is 10.0 Å². The number of H-pyrrole nitrogens is 1. The van der Waals surface area contributed by atoms with Gasteiger partial charge in [0.1, 0.15) is 11.2 Å². The molecule has 1 amide bonds. The fourth-order valence-electron chi connectivity index (χ4n) is 4.40. The summed E-state index contributed by atoms with van der Waals surface area (Å²) in [6, 6.07) is 18.7. The van der Waals surface area contributed by atoms with Crippen molar-refractivity contribution < 1.29 is 23.3 Å². The maximum Gasteiger partial charge on any atom is 0.255 e. The molecule has 0 atom stereocenters. The Morgan fingerprint density at radius 3 is 2.50 bits per heavy atom. The van der Waals surface area contributed by atoms with E-state index in [0.717, 1.165) is 11.0 Å². The molecule has 3 N–H and O–H groups in total. The number of hydrogen-bond acceptors (Lipinski definition) is 6. The lowest BCUT2D eigenvalue weighted by molar-refractivity contribution is -0.344. The lowest BCUT2D eigenvalue weighted by atomic mass is 10.1. The largest absolute Gasteiger partial charge is 0.395 e. The molecule has 11 heteroatoms. The van der Waals surface area contributed by atoms with E-state index in [2.05, 4.69) is 15.3 Å². The number of aromatic nitrogens is 2. The summed E-state index contributed by atoms with van der Waals surface area (Å²) < 4.78 is 27.5. The van der Waals surface area contributed by atoms with E-state index in [0.29, 0.717) is 60.3 Å². The zero-order valence-electron chi connectivity index (χ0n) is 20.5. The third-order valence-electron chi connectivity index (χ3n) is 6.51. The fourth-order valence-corrected chi connectivity index (χ4v) is 6.04. The number of aliphatic hydroxyl groups excluding tert-OH is 1. The van der Waals surface area contributed by atoms with Gasteiger partial charge in [0.05, 0.1) is 16.5 Å². The molecule has 2 heterocycles. The van der Waals surface area contributed by atoms with Crippen molar-refractivity contribution in [2.24, 2.45) is 0 Å². The molecule has 0 unspecified atom stereocenters. The summed E-state index contributed by atoms with van der Waals surface area (Å²) in [7, 11) is -3.67. The minimum absolute atomic E-state index is 0.0482. The number of anilines is 1. The van der Waals surface area contributed by atoms with E-state index >= 15 is 0 Å². The van der Waals surface area contributed by atoms with Crippen LogP contribution in [0.2, 0.25) is 5.02 Å². The summed E-state index contributed by atoms with van der Waals surface area (Å²) >= 11 is 6.44. The van der Waals surface area contributed by atoms with Gasteiger partial charge in [-0.05, 0) is 48.5 Å². The summed E-state index contributed by atoms with van der Waals surface area (Å²) in [5.41, 5.74) is 3.83. The molecule has 0 saturated carbocycles. The topological polar surface area (TPSA) is 117 Å². The first-order valence-electron chi connectivity index (χ1n) is 12.2. The van der Waals surface area contributed by atoms with Gasteiger partial charge in [-0.25, -0.2) is 18.4 Å². The molecule has 1 fully saturated rings. The third-order valence-corrected chi connectivity index (χ3v) is 8.75. The first-order valence-corrected chi connectivity index (χ1v) is 14.0. The molecule has 196 valence electrons. The second-order valence-electron chi connectivity index (χ2n) is 8.95. The number of para-hydroxylation sites is 2. The van der Waals surface area contributed by atoms with Crippen molar-refractivity contribution in [3.05, 3.63) is 83.5 Å². The van der Waals surface area contributed by atoms with Gasteiger partial charge in [-0.2, -0.15) is 4.31 Å². The van der Waals surface area contributed by atoms with Gasteiger partial charge in [-0.15, -0.1) is 0 Å². The normalized spacial score (nSPS) is 15.0. The molecule has 0 spiro atoms. The molecule has 3 aromatic carbocycles. The molecular formula is C27H27ClN5O4S+. The molecule has 0 aliphatic carbocycles. The van der Waals surface area contributed by atoms with Crippen molar-refractivity contribution in [1.82, 2.24) is 14.2 Å². The molecule has 0 radical (unpaired) electrons. The highest BCUT2D eigenvalue weighted by atomic mass is 35.5. The molecule has 1 aliphatic rings. The number of carbonyl (C=O) groups excluding carboxylic acids is 1. The van der Waals surface area contributed by atoms with Crippen LogP contribution in [0.3, 0.4) is 0 Å². The molecule has 0 bridgehead atoms. The van der Waals surface area contributed by atoms with Gasteiger partial charge in [0.25, 0.3) is 5.91 Å². The lowest BCUT2D eigenvalue weighted by Gasteiger charge is -2.33. The molecule has 38 heavy (non-hydrogen) atoms. The first-order chi connectivity index (χ1) is 18.3. The predicted octanol–water partition coefficient (Wildman–Crippen LogP) is 2.92. The summed E-state index contributed by atoms with van der Waals surface area (Å²) in [6.07, 6.45) is 1.76. The van der Waals surface area contributed by atoms with Gasteiger partial charge in [0.2, 0.25) is 15.5 Å². The van der Waals surface area contributed by atoms with Gasteiger partial charge in [-0.1, -0.05) is 23.7 Å². The quantitative estimate of drug-likeness (QED) is 0.364. The Hall–Kier alpha value is -3.41. The number of fused-ring (bicyclic) bond motifs is 1. The molecular weight excluding hydrogens is 526 g/mol. The Kier molecular flexibility index (Phi) is 7.68. The number of carbonyl (C=O) groups is 1. The van der Waals surface area contributed by atoms with E-state index in [4.69, 9.17) is 16.7 Å². The Labute approximate surface area is 225 Å². The molecule has 1 aliphatic heterocycles. The molecule has 1 saturated heterocycles. The van der Waals surface area contributed by atoms with Crippen LogP contribution in [0.15, 0.2) is 77.8 Å². The number of nitrogens with one attached hydrogen (secondary N) is 2. The number of hydrogen-bond donors (Lipinski definition) is 2. The first kappa shape index (κ1) is 26.2. The lowest BCUT2D eigenvalue weighted by Crippen LogP contribution is -2.49. The minimum atomic E-state index is -3.67. The van der Waals surface area contributed by atoms with Gasteiger partial charge in [-0.3, -0.25) is 9.69 Å². The van der Waals surface area contributed by atoms with Crippen LogP contribution < -0.4 is 10.3 Å². The predicted molar refractivity (Wildman–Crippen MR) is 145 cm³/mol. The molecule has 4 aromatic rings. The molecule has 5 rings (SSSR count). The maximum atomic E-state index is 13.0. The van der Waals surface area contributed by atoms with E-state index in [1.165, 1.54) is 28.6 Å². The monoisotopic (exact) mass is 552 g/mol. The standard InChI is InChI=1S/C27H26ClN5O4S/c28-23-10-7-20(17-22(23)26-18-29-24-3-1-2-4-25(24)31-26)30-27(35)19-5-8-21(9-6-19)38(36,37)33-13-11-32(12-14-33)15-16-34/h1-10,17-18,34H,11-16H2,(H,30,35)/p+1. The van der Waals surface area contributed by atoms with Crippen molar-refractivity contribution >= 4 is 44.3 Å². The smallest absolute Gasteiger partial charge is 0.255 e. The van der Waals surface area contributed by atoms with Crippen molar-refractivity contribution in [3.8, 4) is 11.3 Å². The zero-order valence-corrected chi connectivity index (χ0v) is 22.0. The van der Waals surface area contributed by atoms with Crippen LogP contribution in [0.4, 0.5) is 5.69 Å². The molecule has 9 nitrogen and oxygen atoms in total. The van der Waals surface area contributed by atoms with Crippen LogP contribution >= 0.6 is 11.6 Å². The summed E-state index contributed by atoms with van der Waals surface area (Å²) in [5.74, 6) is -0.377. The number of rotatable bonds is 7. The number of β-amino-alcohol motifs (C(OH)–C–C–N with tert-alkyl or cyclic N) is 1. The Balaban J connectivity index is 1.29. The van der Waals surface area contributed by atoms with Crippen LogP contribution in [0.25, 0.3) is 22.3 Å². The Morgan fingerprint density at radius 1 is 1.03 bits per heavy atom. The third kappa shape index (κ3) is 5.54. The van der Waals surface area contributed by atoms with E-state index in [9.17, 15) is 13.2 Å². The fraction of sp³-hybridized carbons (Fsp3) is 0.222. The van der Waals surface area contributed by atoms with Gasteiger partial charge in [0.15, 0.2) is 6.20 Å². The van der Waals surface area contributed by atoms with Crippen molar-refractivity contribution in [3.63, 3.8) is 0 Å². The number of nitrogens with zero attached hydrogens (tertiary/aromatic N) is 3. The summed E-state index contributed by atoms with van der Waals surface area (Å²) in [5, 5.41) is 12.4. The number of benzene rings is 3. The number of sulfonamides is 1. The number of aromatic amines is 1. The van der Waals surface area contributed by atoms with Crippen LogP contribution in [-0.2, 0) is 10.0 Å². The minimum Gasteiger partial charge on any atom is -0.395 e. The van der Waals surface area contributed by atoms with Crippen molar-refractivity contribution in [1.29, 1.82) is 0 Å². The highest BCUT2D eigenvalue weighted by Crippen LogP contribution is 2.30. The zero-order chi connectivity index (χ0) is 26.7. The summed E-state index contributed by atoms with van der Waals surface area (Å²) in [4.78, 5) is 23.0. The van der Waals surface area contributed by atoms with Gasteiger partial charge >= 0.3 is 0 Å². The van der Waals surface area contributed by atoms with Crippen molar-refractivity contribution in [2.75, 3.05) is 44.6 Å². The van der Waals surface area contributed by atoms with Gasteiger partial charge < -0.3 is 10.4 Å². The number of amides is 1. The van der Waals surface area contributed by atoms with E-state index in [1.54, 1.807) is 24.4 Å². The van der Waals surface area contributed by atoms with Crippen LogP contribution in [0.1, 0.15) is 10.4 Å². The molecule has 1 aromatic heterocycles. The summed E-state index contributed by atoms with van der Waals surface area (Å²) in [6.45, 7) is 2.42. The van der Waals surface area contributed by atoms with Crippen LogP contribution in [-0.4, -0.2) is 73.0 Å². The van der Waals surface area contributed by atoms with Crippen molar-refractivity contribution in [2.45, 2.75) is 4.90 Å². The maximum absolute atomic E-state index is 13.0. The average Bonchev–Trinajstić information content (AvgIpc) is 2.94.